The number of aromatic nitrogens is 2. The van der Waals surface area contributed by atoms with Crippen LogP contribution in [-0.2, 0) is 4.79 Å². The molecule has 1 aliphatic carbocycles. The van der Waals surface area contributed by atoms with Crippen LogP contribution in [0.4, 0.5) is 11.4 Å². The number of carbonyl (C=O) groups is 1. The van der Waals surface area contributed by atoms with Crippen LogP contribution in [0.1, 0.15) is 32.1 Å². The van der Waals surface area contributed by atoms with Crippen molar-refractivity contribution in [3.05, 3.63) is 53.7 Å². The number of guanidine groups is 1. The van der Waals surface area contributed by atoms with Crippen molar-refractivity contribution in [1.29, 1.82) is 0 Å². The number of nitrogens with zero attached hydrogens (tertiary/aromatic N) is 2. The first-order chi connectivity index (χ1) is 13.7. The summed E-state index contributed by atoms with van der Waals surface area (Å²) in [5.74, 6) is 0.304. The van der Waals surface area contributed by atoms with E-state index in [-0.39, 0.29) is 11.8 Å². The van der Waals surface area contributed by atoms with Crippen LogP contribution >= 0.6 is 11.6 Å². The third-order valence-corrected chi connectivity index (χ3v) is 5.20. The molecule has 0 unspecified atom stereocenters. The quantitative estimate of drug-likeness (QED) is 0.420. The molecule has 1 aliphatic rings. The Kier molecular flexibility index (Phi) is 5.58. The molecular weight excluding hydrogens is 374 g/mol. The fraction of sp³-hybridized carbons (Fsp3) is 0.286. The molecule has 28 heavy (non-hydrogen) atoms. The van der Waals surface area contributed by atoms with Gasteiger partial charge in [-0.25, -0.2) is 0 Å². The molecule has 1 heterocycles. The third-order valence-electron chi connectivity index (χ3n) is 4.97. The molecule has 4 rings (SSSR count). The van der Waals surface area contributed by atoms with Crippen molar-refractivity contribution in [2.75, 3.05) is 10.6 Å². The Hall–Kier alpha value is -2.86. The Morgan fingerprint density at radius 2 is 1.86 bits per heavy atom. The van der Waals surface area contributed by atoms with Gasteiger partial charge < -0.3 is 10.6 Å². The number of aliphatic imine (C=N–C) groups is 1. The van der Waals surface area contributed by atoms with Crippen LogP contribution < -0.4 is 10.6 Å². The van der Waals surface area contributed by atoms with Crippen LogP contribution in [-0.4, -0.2) is 22.1 Å². The highest BCUT2D eigenvalue weighted by Crippen LogP contribution is 2.25. The lowest BCUT2D eigenvalue weighted by Gasteiger charge is -2.19. The summed E-state index contributed by atoms with van der Waals surface area (Å²) in [6.45, 7) is 0. The van der Waals surface area contributed by atoms with Gasteiger partial charge in [0.15, 0.2) is 0 Å². The first kappa shape index (κ1) is 18.5. The summed E-state index contributed by atoms with van der Waals surface area (Å²) in [5.41, 5.74) is 2.48. The van der Waals surface area contributed by atoms with Gasteiger partial charge in [-0.3, -0.25) is 9.89 Å². The van der Waals surface area contributed by atoms with E-state index >= 15 is 0 Å². The van der Waals surface area contributed by atoms with Gasteiger partial charge in [0.25, 0.3) is 5.91 Å². The molecule has 0 saturated heterocycles. The second-order valence-corrected chi connectivity index (χ2v) is 7.50. The summed E-state index contributed by atoms with van der Waals surface area (Å²) in [7, 11) is 0. The van der Waals surface area contributed by atoms with Gasteiger partial charge in [0.05, 0.1) is 11.7 Å². The van der Waals surface area contributed by atoms with Crippen molar-refractivity contribution in [2.45, 2.75) is 32.1 Å². The fourth-order valence-electron chi connectivity index (χ4n) is 3.49. The number of halogens is 1. The molecule has 2 aromatic carbocycles. The molecule has 7 heteroatoms. The summed E-state index contributed by atoms with van der Waals surface area (Å²) >= 11 is 6.09. The van der Waals surface area contributed by atoms with E-state index in [1.54, 1.807) is 18.3 Å². The van der Waals surface area contributed by atoms with Crippen molar-refractivity contribution >= 4 is 45.7 Å². The lowest BCUT2D eigenvalue weighted by Crippen LogP contribution is -2.26. The number of benzene rings is 2. The van der Waals surface area contributed by atoms with E-state index in [1.807, 2.05) is 30.3 Å². The maximum absolute atomic E-state index is 12.7. The zero-order valence-corrected chi connectivity index (χ0v) is 16.2. The summed E-state index contributed by atoms with van der Waals surface area (Å²) in [6.07, 6.45) is 6.97. The molecule has 0 atom stereocenters. The minimum Gasteiger partial charge on any atom is -0.326 e. The van der Waals surface area contributed by atoms with Gasteiger partial charge in [0, 0.05) is 27.7 Å². The Labute approximate surface area is 168 Å². The number of hydrogen-bond donors (Lipinski definition) is 3. The standard InChI is InChI=1S/C21H22ClN5O/c22-16-7-4-8-17(11-16)24-21(26-20(28)14-5-2-1-3-6-14)25-18-10-9-15-13-23-27-19(15)12-18/h4,7-14H,1-3,5-6H2,(H,23,27)(H2,24,25,26,28). The Morgan fingerprint density at radius 1 is 1.07 bits per heavy atom. The molecule has 144 valence electrons. The molecule has 1 saturated carbocycles. The number of amides is 1. The number of rotatable bonds is 3. The zero-order chi connectivity index (χ0) is 19.3. The second-order valence-electron chi connectivity index (χ2n) is 7.07. The lowest BCUT2D eigenvalue weighted by atomic mass is 9.89. The van der Waals surface area contributed by atoms with Gasteiger partial charge in [0.1, 0.15) is 0 Å². The zero-order valence-electron chi connectivity index (χ0n) is 15.4. The van der Waals surface area contributed by atoms with Crippen LogP contribution in [0.15, 0.2) is 53.7 Å². The van der Waals surface area contributed by atoms with Crippen LogP contribution in [0.2, 0.25) is 5.02 Å². The molecule has 0 spiro atoms. The number of fused-ring (bicyclic) bond motifs is 1. The van der Waals surface area contributed by atoms with Crippen LogP contribution in [0.3, 0.4) is 0 Å². The topological polar surface area (TPSA) is 82.2 Å². The number of nitrogens with one attached hydrogen (secondary N) is 3. The Bertz CT molecular complexity index is 1010. The lowest BCUT2D eigenvalue weighted by molar-refractivity contribution is -0.122. The molecule has 1 amide bonds. The largest absolute Gasteiger partial charge is 0.326 e. The number of anilines is 2. The van der Waals surface area contributed by atoms with Crippen molar-refractivity contribution in [3.8, 4) is 0 Å². The monoisotopic (exact) mass is 395 g/mol. The predicted molar refractivity (Wildman–Crippen MR) is 114 cm³/mol. The normalized spacial score (nSPS) is 15.5. The van der Waals surface area contributed by atoms with Crippen LogP contribution in [0.5, 0.6) is 0 Å². The molecule has 3 N–H and O–H groups in total. The number of hydrogen-bond acceptors (Lipinski definition) is 2. The highest BCUT2D eigenvalue weighted by atomic mass is 35.5. The van der Waals surface area contributed by atoms with Gasteiger partial charge in [-0.05, 0) is 49.2 Å². The smallest absolute Gasteiger partial charge is 0.251 e. The van der Waals surface area contributed by atoms with Gasteiger partial charge in [-0.15, -0.1) is 0 Å². The van der Waals surface area contributed by atoms with Gasteiger partial charge in [-0.2, -0.15) is 10.1 Å². The van der Waals surface area contributed by atoms with E-state index in [0.717, 1.165) is 48.0 Å². The first-order valence-electron chi connectivity index (χ1n) is 9.53. The van der Waals surface area contributed by atoms with E-state index in [9.17, 15) is 4.79 Å². The van der Waals surface area contributed by atoms with Crippen molar-refractivity contribution in [2.24, 2.45) is 10.9 Å². The molecule has 6 nitrogen and oxygen atoms in total. The molecular formula is C21H22ClN5O. The van der Waals surface area contributed by atoms with Gasteiger partial charge in [0.2, 0.25) is 5.96 Å². The summed E-state index contributed by atoms with van der Waals surface area (Å²) in [4.78, 5) is 17.1. The molecule has 1 aromatic heterocycles. The highest BCUT2D eigenvalue weighted by Gasteiger charge is 2.21. The molecule has 0 aliphatic heterocycles. The van der Waals surface area contributed by atoms with Crippen molar-refractivity contribution in [3.63, 3.8) is 0 Å². The number of carbonyl (C=O) groups excluding carboxylic acids is 1. The van der Waals surface area contributed by atoms with Crippen LogP contribution in [0, 0.1) is 5.92 Å². The fourth-order valence-corrected chi connectivity index (χ4v) is 3.68. The van der Waals surface area contributed by atoms with Gasteiger partial charge in [-0.1, -0.05) is 36.9 Å². The number of H-pyrrole nitrogens is 1. The predicted octanol–water partition coefficient (Wildman–Crippen LogP) is 5.20. The van der Waals surface area contributed by atoms with Crippen molar-refractivity contribution in [1.82, 2.24) is 10.2 Å². The Balaban J connectivity index is 1.59. The van der Waals surface area contributed by atoms with E-state index in [0.29, 0.717) is 11.0 Å². The average molecular weight is 396 g/mol. The summed E-state index contributed by atoms with van der Waals surface area (Å²) in [5, 5.41) is 15.0. The minimum atomic E-state index is -0.0839. The maximum Gasteiger partial charge on any atom is 0.251 e. The van der Waals surface area contributed by atoms with E-state index in [1.165, 1.54) is 6.42 Å². The molecule has 0 radical (unpaired) electrons. The molecule has 1 fully saturated rings. The van der Waals surface area contributed by atoms with Crippen molar-refractivity contribution < 1.29 is 4.79 Å². The average Bonchev–Trinajstić information content (AvgIpc) is 3.16. The van der Waals surface area contributed by atoms with Gasteiger partial charge >= 0.3 is 0 Å². The van der Waals surface area contributed by atoms with E-state index in [2.05, 4.69) is 25.8 Å². The molecule has 0 bridgehead atoms. The summed E-state index contributed by atoms with van der Waals surface area (Å²) in [6, 6.07) is 13.1. The van der Waals surface area contributed by atoms with E-state index < -0.39 is 0 Å². The minimum absolute atomic E-state index is 0.00167. The maximum atomic E-state index is 12.7. The Morgan fingerprint density at radius 3 is 2.64 bits per heavy atom. The summed E-state index contributed by atoms with van der Waals surface area (Å²) < 4.78 is 0. The SMILES string of the molecule is O=C(/N=C(/Nc1cccc(Cl)c1)Nc1ccc2cn[nH]c2c1)C1CCCCC1. The van der Waals surface area contributed by atoms with E-state index in [4.69, 9.17) is 11.6 Å². The highest BCUT2D eigenvalue weighted by molar-refractivity contribution is 6.31. The third kappa shape index (κ3) is 4.51. The number of aromatic amines is 1. The second kappa shape index (κ2) is 8.44. The first-order valence-corrected chi connectivity index (χ1v) is 9.90. The van der Waals surface area contributed by atoms with Crippen LogP contribution in [0.25, 0.3) is 10.9 Å². The molecule has 3 aromatic rings.